The average Bonchev–Trinajstić information content (AvgIpc) is 2.49. The van der Waals surface area contributed by atoms with Crippen molar-refractivity contribution in [3.8, 4) is 0 Å². The summed E-state index contributed by atoms with van der Waals surface area (Å²) in [6.07, 6.45) is 3.51. The predicted octanol–water partition coefficient (Wildman–Crippen LogP) is 2.10. The lowest BCUT2D eigenvalue weighted by atomic mass is 9.86. The number of nitrogens with two attached hydrogens (primary N) is 1. The first kappa shape index (κ1) is 12.8. The highest BCUT2D eigenvalue weighted by atomic mass is 32.2. The zero-order valence-electron chi connectivity index (χ0n) is 9.53. The molecule has 2 atom stereocenters. The van der Waals surface area contributed by atoms with Gasteiger partial charge in [0.2, 0.25) is 0 Å². The third-order valence-corrected chi connectivity index (χ3v) is 4.33. The third kappa shape index (κ3) is 3.11. The minimum Gasteiger partial charge on any atom is -0.480 e. The second kappa shape index (κ2) is 5.21. The smallest absolute Gasteiger partial charge is 0.323 e. The van der Waals surface area contributed by atoms with Gasteiger partial charge in [0.25, 0.3) is 0 Å². The quantitative estimate of drug-likeness (QED) is 0.760. The van der Waals surface area contributed by atoms with Crippen molar-refractivity contribution < 1.29 is 9.90 Å². The van der Waals surface area contributed by atoms with Crippen molar-refractivity contribution in [3.05, 3.63) is 0 Å². The molecule has 3 N–H and O–H groups in total. The van der Waals surface area contributed by atoms with Crippen LogP contribution in [0.1, 0.15) is 39.5 Å². The third-order valence-electron chi connectivity index (χ3n) is 3.19. The van der Waals surface area contributed by atoms with E-state index >= 15 is 0 Å². The van der Waals surface area contributed by atoms with Crippen LogP contribution in [0.5, 0.6) is 0 Å². The Morgan fingerprint density at radius 3 is 2.87 bits per heavy atom. The van der Waals surface area contributed by atoms with Crippen molar-refractivity contribution in [2.75, 3.05) is 5.75 Å². The summed E-state index contributed by atoms with van der Waals surface area (Å²) in [6.45, 7) is 4.32. The van der Waals surface area contributed by atoms with Gasteiger partial charge in [0.1, 0.15) is 5.54 Å². The van der Waals surface area contributed by atoms with Crippen LogP contribution in [0.3, 0.4) is 0 Å². The molecule has 15 heavy (non-hydrogen) atoms. The highest BCUT2D eigenvalue weighted by Crippen LogP contribution is 2.37. The van der Waals surface area contributed by atoms with E-state index in [1.54, 1.807) is 0 Å². The molecule has 88 valence electrons. The summed E-state index contributed by atoms with van der Waals surface area (Å²) in [4.78, 5) is 11.1. The number of aliphatic carboxylic acids is 1. The lowest BCUT2D eigenvalue weighted by molar-refractivity contribution is -0.144. The summed E-state index contributed by atoms with van der Waals surface area (Å²) in [5.41, 5.74) is 5.01. The lowest BCUT2D eigenvalue weighted by Crippen LogP contribution is -2.51. The molecule has 1 aliphatic carbocycles. The van der Waals surface area contributed by atoms with Crippen LogP contribution >= 0.6 is 11.8 Å². The van der Waals surface area contributed by atoms with Gasteiger partial charge in [-0.3, -0.25) is 4.79 Å². The van der Waals surface area contributed by atoms with E-state index in [1.165, 1.54) is 0 Å². The zero-order valence-corrected chi connectivity index (χ0v) is 10.3. The van der Waals surface area contributed by atoms with Crippen LogP contribution < -0.4 is 5.73 Å². The minimum atomic E-state index is -0.947. The molecule has 0 radical (unpaired) electrons. The summed E-state index contributed by atoms with van der Waals surface area (Å²) in [7, 11) is 0. The normalized spacial score (nSPS) is 31.1. The van der Waals surface area contributed by atoms with Crippen molar-refractivity contribution in [1.29, 1.82) is 0 Å². The van der Waals surface area contributed by atoms with Crippen molar-refractivity contribution in [1.82, 2.24) is 0 Å². The maximum Gasteiger partial charge on any atom is 0.323 e. The molecule has 0 aliphatic heterocycles. The van der Waals surface area contributed by atoms with Crippen molar-refractivity contribution >= 4 is 17.7 Å². The Labute approximate surface area is 95.8 Å². The number of carbonyl (C=O) groups is 1. The van der Waals surface area contributed by atoms with Gasteiger partial charge >= 0.3 is 5.97 Å². The molecule has 1 fully saturated rings. The minimum absolute atomic E-state index is 0.168. The molecule has 4 heteroatoms. The van der Waals surface area contributed by atoms with Crippen LogP contribution in [0.15, 0.2) is 0 Å². The van der Waals surface area contributed by atoms with Crippen LogP contribution in [0.2, 0.25) is 0 Å². The van der Waals surface area contributed by atoms with Crippen molar-refractivity contribution in [3.63, 3.8) is 0 Å². The van der Waals surface area contributed by atoms with Crippen LogP contribution in [-0.4, -0.2) is 27.6 Å². The largest absolute Gasteiger partial charge is 0.480 e. The summed E-state index contributed by atoms with van der Waals surface area (Å²) in [5.74, 6) is 0.370. The molecule has 1 aliphatic rings. The number of carboxylic acids is 1. The maximum absolute atomic E-state index is 11.1. The fourth-order valence-electron chi connectivity index (χ4n) is 2.23. The monoisotopic (exact) mass is 231 g/mol. The Morgan fingerprint density at radius 1 is 1.67 bits per heavy atom. The van der Waals surface area contributed by atoms with Gasteiger partial charge in [-0.05, 0) is 36.2 Å². The van der Waals surface area contributed by atoms with E-state index < -0.39 is 11.5 Å². The van der Waals surface area contributed by atoms with Gasteiger partial charge in [0.15, 0.2) is 0 Å². The molecule has 0 spiro atoms. The van der Waals surface area contributed by atoms with Gasteiger partial charge in [0.05, 0.1) is 0 Å². The molecule has 0 aromatic rings. The van der Waals surface area contributed by atoms with E-state index in [1.807, 2.05) is 11.8 Å². The number of carboxylic acid groups (broad SMARTS) is 1. The van der Waals surface area contributed by atoms with Gasteiger partial charge in [-0.1, -0.05) is 20.3 Å². The summed E-state index contributed by atoms with van der Waals surface area (Å²) < 4.78 is 0. The fraction of sp³-hybridized carbons (Fsp3) is 0.909. The molecule has 0 saturated heterocycles. The Balaban J connectivity index is 2.43. The molecule has 1 rings (SSSR count). The fourth-order valence-corrected chi connectivity index (χ4v) is 3.12. The summed E-state index contributed by atoms with van der Waals surface area (Å²) >= 11 is 1.88. The first-order valence-electron chi connectivity index (χ1n) is 5.60. The number of hydrogen-bond acceptors (Lipinski definition) is 3. The lowest BCUT2D eigenvalue weighted by Gasteiger charge is -2.26. The Kier molecular flexibility index (Phi) is 4.46. The van der Waals surface area contributed by atoms with Gasteiger partial charge in [0, 0.05) is 0 Å². The predicted molar refractivity (Wildman–Crippen MR) is 64.1 cm³/mol. The van der Waals surface area contributed by atoms with Gasteiger partial charge in [-0.25, -0.2) is 0 Å². The molecule has 2 unspecified atom stereocenters. The number of thioether (sulfide) groups is 1. The van der Waals surface area contributed by atoms with Crippen LogP contribution in [0, 0.1) is 5.92 Å². The number of rotatable bonds is 5. The van der Waals surface area contributed by atoms with Gasteiger partial charge in [-0.15, -0.1) is 0 Å². The SMILES string of the molecule is CC(C)SCCC1CCCC1(N)C(=O)O. The molecule has 0 bridgehead atoms. The van der Waals surface area contributed by atoms with Crippen LogP contribution in [-0.2, 0) is 4.79 Å². The first-order valence-corrected chi connectivity index (χ1v) is 6.65. The van der Waals surface area contributed by atoms with Crippen molar-refractivity contribution in [2.24, 2.45) is 11.7 Å². The summed E-state index contributed by atoms with van der Waals surface area (Å²) in [6, 6.07) is 0. The second-order valence-corrected chi connectivity index (χ2v) is 6.33. The molecule has 3 nitrogen and oxygen atoms in total. The number of hydrogen-bond donors (Lipinski definition) is 2. The van der Waals surface area contributed by atoms with E-state index in [9.17, 15) is 4.79 Å². The second-order valence-electron chi connectivity index (χ2n) is 4.64. The Morgan fingerprint density at radius 2 is 2.33 bits per heavy atom. The van der Waals surface area contributed by atoms with Gasteiger partial charge < -0.3 is 10.8 Å². The Hall–Kier alpha value is -0.220. The molecule has 0 aromatic heterocycles. The van der Waals surface area contributed by atoms with E-state index in [-0.39, 0.29) is 5.92 Å². The van der Waals surface area contributed by atoms with E-state index in [2.05, 4.69) is 13.8 Å². The topological polar surface area (TPSA) is 63.3 Å². The van der Waals surface area contributed by atoms with E-state index in [0.717, 1.165) is 25.0 Å². The first-order chi connectivity index (χ1) is 6.97. The highest BCUT2D eigenvalue weighted by molar-refractivity contribution is 7.99. The highest BCUT2D eigenvalue weighted by Gasteiger charge is 2.45. The van der Waals surface area contributed by atoms with Crippen molar-refractivity contribution in [2.45, 2.75) is 50.3 Å². The van der Waals surface area contributed by atoms with E-state index in [4.69, 9.17) is 10.8 Å². The summed E-state index contributed by atoms with van der Waals surface area (Å²) in [5, 5.41) is 9.73. The standard InChI is InChI=1S/C11H21NO2S/c1-8(2)15-7-5-9-4-3-6-11(9,12)10(13)14/h8-9H,3-7,12H2,1-2H3,(H,13,14). The molecular formula is C11H21NO2S. The molecule has 0 amide bonds. The maximum atomic E-state index is 11.1. The molecule has 0 aromatic carbocycles. The Bertz CT molecular complexity index is 233. The molecular weight excluding hydrogens is 210 g/mol. The van der Waals surface area contributed by atoms with Crippen LogP contribution in [0.25, 0.3) is 0 Å². The molecule has 0 heterocycles. The average molecular weight is 231 g/mol. The van der Waals surface area contributed by atoms with Gasteiger partial charge in [-0.2, -0.15) is 11.8 Å². The molecule has 1 saturated carbocycles. The zero-order chi connectivity index (χ0) is 11.5. The van der Waals surface area contributed by atoms with Crippen LogP contribution in [0.4, 0.5) is 0 Å². The van der Waals surface area contributed by atoms with E-state index in [0.29, 0.717) is 11.7 Å².